The van der Waals surface area contributed by atoms with E-state index in [1.807, 2.05) is 11.9 Å². The number of nitrogens with zero attached hydrogens (tertiary/aromatic N) is 2. The van der Waals surface area contributed by atoms with Gasteiger partial charge in [-0.3, -0.25) is 4.79 Å². The van der Waals surface area contributed by atoms with Gasteiger partial charge in [-0.15, -0.1) is 0 Å². The number of amides is 1. The zero-order chi connectivity index (χ0) is 14.5. The second kappa shape index (κ2) is 6.93. The van der Waals surface area contributed by atoms with Crippen LogP contribution in [0.15, 0.2) is 0 Å². The Morgan fingerprint density at radius 1 is 1.26 bits per heavy atom. The minimum absolute atomic E-state index is 0.209. The molecule has 0 heterocycles. The number of carbonyl (C=O) groups is 1. The molecule has 1 aliphatic rings. The fourth-order valence-electron chi connectivity index (χ4n) is 2.74. The molecule has 0 saturated heterocycles. The van der Waals surface area contributed by atoms with Crippen LogP contribution in [0.25, 0.3) is 0 Å². The molecule has 0 N–H and O–H groups in total. The fourth-order valence-corrected chi connectivity index (χ4v) is 2.74. The molecule has 1 rings (SSSR count). The molecule has 19 heavy (non-hydrogen) atoms. The summed E-state index contributed by atoms with van der Waals surface area (Å²) in [6.07, 6.45) is 6.58. The minimum atomic E-state index is 0.209. The SMILES string of the molecule is CN(C(=O)CCCC(C)(C)C)C1CCC(C#N)CC1. The summed E-state index contributed by atoms with van der Waals surface area (Å²) in [6.45, 7) is 6.64. The maximum Gasteiger partial charge on any atom is 0.222 e. The zero-order valence-corrected chi connectivity index (χ0v) is 12.9. The molecule has 0 unspecified atom stereocenters. The normalized spacial score (nSPS) is 23.7. The zero-order valence-electron chi connectivity index (χ0n) is 12.9. The third-order valence-electron chi connectivity index (χ3n) is 4.14. The largest absolute Gasteiger partial charge is 0.343 e. The smallest absolute Gasteiger partial charge is 0.222 e. The molecule has 0 spiro atoms. The summed E-state index contributed by atoms with van der Waals surface area (Å²) in [5.41, 5.74) is 0.309. The topological polar surface area (TPSA) is 44.1 Å². The van der Waals surface area contributed by atoms with Gasteiger partial charge < -0.3 is 4.90 Å². The fraction of sp³-hybridized carbons (Fsp3) is 0.875. The highest BCUT2D eigenvalue weighted by Crippen LogP contribution is 2.27. The van der Waals surface area contributed by atoms with Crippen LogP contribution in [0.2, 0.25) is 0 Å². The van der Waals surface area contributed by atoms with Gasteiger partial charge in [-0.2, -0.15) is 5.26 Å². The van der Waals surface area contributed by atoms with Crippen LogP contribution in [0, 0.1) is 22.7 Å². The number of hydrogen-bond acceptors (Lipinski definition) is 2. The molecule has 1 amide bonds. The van der Waals surface area contributed by atoms with Crippen molar-refractivity contribution in [2.45, 2.75) is 71.8 Å². The van der Waals surface area contributed by atoms with E-state index >= 15 is 0 Å². The highest BCUT2D eigenvalue weighted by atomic mass is 16.2. The Morgan fingerprint density at radius 3 is 2.32 bits per heavy atom. The van der Waals surface area contributed by atoms with E-state index < -0.39 is 0 Å². The average molecular weight is 264 g/mol. The Bertz CT molecular complexity index is 330. The summed E-state index contributed by atoms with van der Waals surface area (Å²) < 4.78 is 0. The highest BCUT2D eigenvalue weighted by Gasteiger charge is 2.26. The van der Waals surface area contributed by atoms with Gasteiger partial charge in [-0.25, -0.2) is 0 Å². The quantitative estimate of drug-likeness (QED) is 0.776. The molecule has 0 aliphatic heterocycles. The van der Waals surface area contributed by atoms with Crippen LogP contribution >= 0.6 is 0 Å². The molecule has 0 aromatic heterocycles. The summed E-state index contributed by atoms with van der Waals surface area (Å²) in [6, 6.07) is 2.69. The summed E-state index contributed by atoms with van der Waals surface area (Å²) in [7, 11) is 1.93. The summed E-state index contributed by atoms with van der Waals surface area (Å²) in [5, 5.41) is 8.89. The minimum Gasteiger partial charge on any atom is -0.343 e. The van der Waals surface area contributed by atoms with Gasteiger partial charge in [0.1, 0.15) is 0 Å². The lowest BCUT2D eigenvalue weighted by atomic mass is 9.86. The van der Waals surface area contributed by atoms with E-state index in [0.717, 1.165) is 38.5 Å². The second-order valence-corrected chi connectivity index (χ2v) is 7.05. The standard InChI is InChI=1S/C16H28N2O/c1-16(2,3)11-5-6-15(19)18(4)14-9-7-13(12-17)8-10-14/h13-14H,5-11H2,1-4H3. The van der Waals surface area contributed by atoms with Crippen molar-refractivity contribution in [1.82, 2.24) is 4.90 Å². The van der Waals surface area contributed by atoms with Gasteiger partial charge in [0.15, 0.2) is 0 Å². The molecular weight excluding hydrogens is 236 g/mol. The van der Waals surface area contributed by atoms with Crippen LogP contribution in [0.3, 0.4) is 0 Å². The first-order chi connectivity index (χ1) is 8.83. The van der Waals surface area contributed by atoms with E-state index in [4.69, 9.17) is 5.26 Å². The molecule has 3 nitrogen and oxygen atoms in total. The molecule has 1 aliphatic carbocycles. The second-order valence-electron chi connectivity index (χ2n) is 7.05. The lowest BCUT2D eigenvalue weighted by Crippen LogP contribution is -2.39. The van der Waals surface area contributed by atoms with Gasteiger partial charge in [-0.05, 0) is 43.9 Å². The first-order valence-corrected chi connectivity index (χ1v) is 7.49. The van der Waals surface area contributed by atoms with E-state index in [0.29, 0.717) is 17.9 Å². The summed E-state index contributed by atoms with van der Waals surface area (Å²) in [5.74, 6) is 0.477. The molecule has 0 bridgehead atoms. The van der Waals surface area contributed by atoms with Crippen molar-refractivity contribution in [2.24, 2.45) is 11.3 Å². The van der Waals surface area contributed by atoms with Gasteiger partial charge in [0.25, 0.3) is 0 Å². The van der Waals surface area contributed by atoms with Crippen LogP contribution < -0.4 is 0 Å². The predicted molar refractivity (Wildman–Crippen MR) is 77.4 cm³/mol. The van der Waals surface area contributed by atoms with Crippen molar-refractivity contribution in [3.8, 4) is 6.07 Å². The van der Waals surface area contributed by atoms with E-state index in [9.17, 15) is 4.79 Å². The Hall–Kier alpha value is -1.04. The van der Waals surface area contributed by atoms with Gasteiger partial charge >= 0.3 is 0 Å². The lowest BCUT2D eigenvalue weighted by Gasteiger charge is -2.33. The van der Waals surface area contributed by atoms with Crippen molar-refractivity contribution in [3.05, 3.63) is 0 Å². The third-order valence-corrected chi connectivity index (χ3v) is 4.14. The van der Waals surface area contributed by atoms with Crippen LogP contribution in [0.4, 0.5) is 0 Å². The molecule has 108 valence electrons. The van der Waals surface area contributed by atoms with E-state index in [-0.39, 0.29) is 11.8 Å². The molecule has 1 saturated carbocycles. The van der Waals surface area contributed by atoms with Gasteiger partial charge in [0.05, 0.1) is 6.07 Å². The van der Waals surface area contributed by atoms with Crippen LogP contribution in [-0.2, 0) is 4.79 Å². The Morgan fingerprint density at radius 2 is 1.84 bits per heavy atom. The Kier molecular flexibility index (Phi) is 5.85. The lowest BCUT2D eigenvalue weighted by molar-refractivity contribution is -0.132. The summed E-state index contributed by atoms with van der Waals surface area (Å²) >= 11 is 0. The first kappa shape index (κ1) is 16.0. The average Bonchev–Trinajstić information content (AvgIpc) is 2.36. The Labute approximate surface area is 118 Å². The van der Waals surface area contributed by atoms with E-state index in [2.05, 4.69) is 26.8 Å². The summed E-state index contributed by atoms with van der Waals surface area (Å²) in [4.78, 5) is 14.1. The van der Waals surface area contributed by atoms with Gasteiger partial charge in [0.2, 0.25) is 5.91 Å². The predicted octanol–water partition coefficient (Wildman–Crippen LogP) is 3.74. The monoisotopic (exact) mass is 264 g/mol. The van der Waals surface area contributed by atoms with Crippen LogP contribution in [0.1, 0.15) is 65.7 Å². The molecule has 1 fully saturated rings. The van der Waals surface area contributed by atoms with Crippen molar-refractivity contribution in [3.63, 3.8) is 0 Å². The van der Waals surface area contributed by atoms with E-state index in [1.54, 1.807) is 0 Å². The maximum absolute atomic E-state index is 12.1. The maximum atomic E-state index is 12.1. The molecule has 0 aromatic carbocycles. The van der Waals surface area contributed by atoms with Crippen molar-refractivity contribution in [1.29, 1.82) is 5.26 Å². The molecule has 0 radical (unpaired) electrons. The van der Waals surface area contributed by atoms with Gasteiger partial charge in [0, 0.05) is 25.4 Å². The van der Waals surface area contributed by atoms with Gasteiger partial charge in [-0.1, -0.05) is 20.8 Å². The molecule has 0 atom stereocenters. The third kappa shape index (κ3) is 5.63. The molecule has 0 aromatic rings. The highest BCUT2D eigenvalue weighted by molar-refractivity contribution is 5.76. The van der Waals surface area contributed by atoms with Crippen LogP contribution in [-0.4, -0.2) is 23.9 Å². The number of nitriles is 1. The van der Waals surface area contributed by atoms with Crippen LogP contribution in [0.5, 0.6) is 0 Å². The number of rotatable bonds is 4. The Balaban J connectivity index is 2.31. The van der Waals surface area contributed by atoms with Crippen molar-refractivity contribution < 1.29 is 4.79 Å². The molecule has 3 heteroatoms. The van der Waals surface area contributed by atoms with E-state index in [1.165, 1.54) is 0 Å². The van der Waals surface area contributed by atoms with Crippen molar-refractivity contribution >= 4 is 5.91 Å². The van der Waals surface area contributed by atoms with Crippen molar-refractivity contribution in [2.75, 3.05) is 7.05 Å². The number of carbonyl (C=O) groups excluding carboxylic acids is 1. The first-order valence-electron chi connectivity index (χ1n) is 7.49. The molecular formula is C16H28N2O. The number of hydrogen-bond donors (Lipinski definition) is 0.